The lowest BCUT2D eigenvalue weighted by Gasteiger charge is -2.02. The van der Waals surface area contributed by atoms with Gasteiger partial charge in [0.15, 0.2) is 0 Å². The van der Waals surface area contributed by atoms with Crippen LogP contribution in [0.2, 0.25) is 0 Å². The van der Waals surface area contributed by atoms with Crippen molar-refractivity contribution in [2.45, 2.75) is 4.90 Å². The van der Waals surface area contributed by atoms with E-state index in [1.165, 1.54) is 17.3 Å². The van der Waals surface area contributed by atoms with Gasteiger partial charge in [-0.3, -0.25) is 4.98 Å². The minimum Gasteiger partial charge on any atom is -0.397 e. The van der Waals surface area contributed by atoms with Crippen LogP contribution < -0.4 is 5.73 Å². The van der Waals surface area contributed by atoms with Gasteiger partial charge in [0, 0.05) is 27.4 Å². The summed E-state index contributed by atoms with van der Waals surface area (Å²) in [4.78, 5) is 4.84. The van der Waals surface area contributed by atoms with E-state index in [9.17, 15) is 0 Å². The predicted molar refractivity (Wildman–Crippen MR) is 59.2 cm³/mol. The van der Waals surface area contributed by atoms with Crippen LogP contribution in [0.25, 0.3) is 0 Å². The molecule has 13 heavy (non-hydrogen) atoms. The molecule has 5 heteroatoms. The Morgan fingerprint density at radius 1 is 1.69 bits per heavy atom. The molecule has 2 N–H and O–H groups in total. The molecule has 1 aromatic heterocycles. The predicted octanol–water partition coefficient (Wildman–Crippen LogP) is 3.07. The number of anilines is 1. The summed E-state index contributed by atoms with van der Waals surface area (Å²) in [6.45, 7) is 0. The number of nitrogens with zero attached hydrogens (tertiary/aromatic N) is 1. The quantitative estimate of drug-likeness (QED) is 0.818. The minimum absolute atomic E-state index is 0.600. The smallest absolute Gasteiger partial charge is 0.0638 e. The molecule has 0 aromatic carbocycles. The third-order valence-corrected chi connectivity index (χ3v) is 3.21. The van der Waals surface area contributed by atoms with E-state index in [-0.39, 0.29) is 0 Å². The Morgan fingerprint density at radius 2 is 2.46 bits per heavy atom. The summed E-state index contributed by atoms with van der Waals surface area (Å²) in [5, 5.41) is 0.600. The molecule has 0 unspecified atom stereocenters. The highest BCUT2D eigenvalue weighted by molar-refractivity contribution is 7.99. The first kappa shape index (κ1) is 10.7. The van der Waals surface area contributed by atoms with Gasteiger partial charge in [-0.2, -0.15) is 0 Å². The van der Waals surface area contributed by atoms with E-state index in [2.05, 4.69) is 4.98 Å². The molecule has 0 spiro atoms. The molecule has 0 saturated heterocycles. The van der Waals surface area contributed by atoms with Crippen LogP contribution in [-0.4, -0.2) is 10.7 Å². The fourth-order valence-corrected chi connectivity index (χ4v) is 1.79. The standard InChI is InChI=1S/C8H8Cl2N2S/c9-3-6(10)5-13-8-1-2-12-4-7(8)11/h1-4H,5,11H2/b6-3-. The number of hydrogen-bond acceptors (Lipinski definition) is 3. The van der Waals surface area contributed by atoms with Gasteiger partial charge in [-0.25, -0.2) is 0 Å². The number of nitrogen functional groups attached to an aromatic ring is 1. The molecule has 0 saturated carbocycles. The maximum Gasteiger partial charge on any atom is 0.0638 e. The molecule has 0 amide bonds. The SMILES string of the molecule is Nc1cnccc1SC/C(Cl)=C/Cl. The Labute approximate surface area is 91.1 Å². The third kappa shape index (κ3) is 3.46. The van der Waals surface area contributed by atoms with Crippen molar-refractivity contribution >= 4 is 40.7 Å². The van der Waals surface area contributed by atoms with Gasteiger partial charge in [0.1, 0.15) is 0 Å². The fourth-order valence-electron chi connectivity index (χ4n) is 0.704. The van der Waals surface area contributed by atoms with Crippen molar-refractivity contribution in [3.63, 3.8) is 0 Å². The average Bonchev–Trinajstić information content (AvgIpc) is 2.16. The Morgan fingerprint density at radius 3 is 3.08 bits per heavy atom. The number of nitrogens with two attached hydrogens (primary N) is 1. The van der Waals surface area contributed by atoms with Crippen molar-refractivity contribution in [3.8, 4) is 0 Å². The van der Waals surface area contributed by atoms with E-state index >= 15 is 0 Å². The Kier molecular flexibility index (Phi) is 4.42. The largest absolute Gasteiger partial charge is 0.397 e. The van der Waals surface area contributed by atoms with Crippen LogP contribution >= 0.6 is 35.0 Å². The number of aromatic nitrogens is 1. The molecular weight excluding hydrogens is 227 g/mol. The van der Waals surface area contributed by atoms with E-state index in [0.29, 0.717) is 16.5 Å². The van der Waals surface area contributed by atoms with Gasteiger partial charge in [-0.1, -0.05) is 23.2 Å². The maximum absolute atomic E-state index is 5.72. The number of rotatable bonds is 3. The monoisotopic (exact) mass is 234 g/mol. The van der Waals surface area contributed by atoms with Crippen LogP contribution in [0.5, 0.6) is 0 Å². The molecule has 2 nitrogen and oxygen atoms in total. The lowest BCUT2D eigenvalue weighted by Crippen LogP contribution is -1.89. The molecule has 0 fully saturated rings. The maximum atomic E-state index is 5.72. The van der Waals surface area contributed by atoms with Gasteiger partial charge in [-0.05, 0) is 6.07 Å². The molecule has 0 atom stereocenters. The lowest BCUT2D eigenvalue weighted by atomic mass is 10.4. The first-order valence-electron chi connectivity index (χ1n) is 3.51. The molecule has 1 aromatic rings. The zero-order valence-corrected chi connectivity index (χ0v) is 9.03. The number of halogens is 2. The fraction of sp³-hybridized carbons (Fsp3) is 0.125. The van der Waals surface area contributed by atoms with Crippen molar-refractivity contribution in [1.82, 2.24) is 4.98 Å². The van der Waals surface area contributed by atoms with Gasteiger partial charge in [0.05, 0.1) is 11.9 Å². The topological polar surface area (TPSA) is 38.9 Å². The molecule has 1 heterocycles. The molecule has 70 valence electrons. The first-order valence-corrected chi connectivity index (χ1v) is 5.31. The van der Waals surface area contributed by atoms with Crippen molar-refractivity contribution in [2.75, 3.05) is 11.5 Å². The summed E-state index contributed by atoms with van der Waals surface area (Å²) in [7, 11) is 0. The number of thioether (sulfide) groups is 1. The van der Waals surface area contributed by atoms with E-state index in [1.54, 1.807) is 12.4 Å². The summed E-state index contributed by atoms with van der Waals surface area (Å²) in [6.07, 6.45) is 3.30. The second kappa shape index (κ2) is 5.37. The van der Waals surface area contributed by atoms with Gasteiger partial charge in [0.25, 0.3) is 0 Å². The van der Waals surface area contributed by atoms with E-state index in [4.69, 9.17) is 28.9 Å². The highest BCUT2D eigenvalue weighted by Crippen LogP contribution is 2.26. The number of hydrogen-bond donors (Lipinski definition) is 1. The second-order valence-electron chi connectivity index (χ2n) is 2.26. The van der Waals surface area contributed by atoms with Crippen LogP contribution in [0.1, 0.15) is 0 Å². The molecule has 0 bridgehead atoms. The zero-order chi connectivity index (χ0) is 9.68. The molecule has 0 aliphatic carbocycles. The first-order chi connectivity index (χ1) is 6.24. The van der Waals surface area contributed by atoms with E-state index in [1.807, 2.05) is 6.07 Å². The summed E-state index contributed by atoms with van der Waals surface area (Å²) < 4.78 is 0. The van der Waals surface area contributed by atoms with Crippen molar-refractivity contribution in [3.05, 3.63) is 29.0 Å². The second-order valence-corrected chi connectivity index (χ2v) is 3.98. The molecular formula is C8H8Cl2N2S. The van der Waals surface area contributed by atoms with Gasteiger partial charge in [-0.15, -0.1) is 11.8 Å². The third-order valence-electron chi connectivity index (χ3n) is 1.29. The van der Waals surface area contributed by atoms with E-state index in [0.717, 1.165) is 4.90 Å². The zero-order valence-electron chi connectivity index (χ0n) is 6.71. The Balaban J connectivity index is 2.60. The van der Waals surface area contributed by atoms with Gasteiger partial charge < -0.3 is 5.73 Å². The van der Waals surface area contributed by atoms with Gasteiger partial charge in [0.2, 0.25) is 0 Å². The molecule has 0 aliphatic heterocycles. The molecule has 1 rings (SSSR count). The Bertz CT molecular complexity index is 315. The van der Waals surface area contributed by atoms with Crippen molar-refractivity contribution in [1.29, 1.82) is 0 Å². The summed E-state index contributed by atoms with van der Waals surface area (Å²) in [6, 6.07) is 1.85. The number of pyridine rings is 1. The molecule has 0 aliphatic rings. The van der Waals surface area contributed by atoms with Crippen LogP contribution in [0.3, 0.4) is 0 Å². The highest BCUT2D eigenvalue weighted by atomic mass is 35.5. The Hall–Kier alpha value is -0.380. The van der Waals surface area contributed by atoms with Gasteiger partial charge >= 0.3 is 0 Å². The molecule has 0 radical (unpaired) electrons. The summed E-state index contributed by atoms with van der Waals surface area (Å²) in [5.74, 6) is 0.624. The minimum atomic E-state index is 0.600. The van der Waals surface area contributed by atoms with E-state index < -0.39 is 0 Å². The average molecular weight is 235 g/mol. The summed E-state index contributed by atoms with van der Waals surface area (Å²) in [5.41, 5.74) is 7.68. The van der Waals surface area contributed by atoms with Crippen molar-refractivity contribution in [2.24, 2.45) is 0 Å². The lowest BCUT2D eigenvalue weighted by molar-refractivity contribution is 1.27. The van der Waals surface area contributed by atoms with Crippen LogP contribution in [0.4, 0.5) is 5.69 Å². The normalized spacial score (nSPS) is 11.7. The van der Waals surface area contributed by atoms with Crippen LogP contribution in [-0.2, 0) is 0 Å². The highest BCUT2D eigenvalue weighted by Gasteiger charge is 1.99. The van der Waals surface area contributed by atoms with Crippen LogP contribution in [0.15, 0.2) is 33.9 Å². The van der Waals surface area contributed by atoms with Crippen LogP contribution in [0, 0.1) is 0 Å². The summed E-state index contributed by atoms with van der Waals surface area (Å²) >= 11 is 12.7. The van der Waals surface area contributed by atoms with Crippen molar-refractivity contribution < 1.29 is 0 Å².